The van der Waals surface area contributed by atoms with E-state index < -0.39 is 0 Å². The zero-order valence-electron chi connectivity index (χ0n) is 19.3. The number of piperazine rings is 1. The third-order valence-electron chi connectivity index (χ3n) is 6.59. The lowest BCUT2D eigenvalue weighted by Crippen LogP contribution is -2.47. The molecule has 0 atom stereocenters. The zero-order valence-corrected chi connectivity index (χ0v) is 19.3. The number of amides is 1. The van der Waals surface area contributed by atoms with Gasteiger partial charge in [0, 0.05) is 74.9 Å². The van der Waals surface area contributed by atoms with Crippen LogP contribution in [0, 0.1) is 0 Å². The molecule has 2 aromatic carbocycles. The number of carbonyl (C=O) groups is 1. The molecule has 0 unspecified atom stereocenters. The molecule has 1 amide bonds. The molecule has 0 spiro atoms. The summed E-state index contributed by atoms with van der Waals surface area (Å²) >= 11 is 0. The van der Waals surface area contributed by atoms with Crippen molar-refractivity contribution < 1.29 is 4.79 Å². The first kappa shape index (κ1) is 22.1. The van der Waals surface area contributed by atoms with Crippen LogP contribution in [0.15, 0.2) is 71.5 Å². The molecule has 0 saturated carbocycles. The smallest absolute Gasteiger partial charge is 0.241 e. The summed E-state index contributed by atoms with van der Waals surface area (Å²) in [7, 11) is 2.07. The van der Waals surface area contributed by atoms with Crippen LogP contribution in [-0.2, 0) is 10.2 Å². The Morgan fingerprint density at radius 1 is 1.03 bits per heavy atom. The number of nitrogens with one attached hydrogen (secondary N) is 1. The van der Waals surface area contributed by atoms with E-state index in [1.54, 1.807) is 6.21 Å². The minimum absolute atomic E-state index is 0.0486. The largest absolute Gasteiger partial charge is 0.369 e. The summed E-state index contributed by atoms with van der Waals surface area (Å²) < 4.78 is 0. The number of fused-ring (bicyclic) bond motifs is 1. The fraction of sp³-hybridized carbons (Fsp3) is 0.385. The van der Waals surface area contributed by atoms with Crippen LogP contribution in [0.25, 0.3) is 0 Å². The summed E-state index contributed by atoms with van der Waals surface area (Å²) in [5.74, 6) is -0.0486. The highest BCUT2D eigenvalue weighted by atomic mass is 16.2. The van der Waals surface area contributed by atoms with E-state index in [4.69, 9.17) is 0 Å². The average Bonchev–Trinajstić information content (AvgIpc) is 3.02. The summed E-state index contributed by atoms with van der Waals surface area (Å²) in [5, 5.41) is 4.16. The van der Waals surface area contributed by atoms with E-state index >= 15 is 0 Å². The van der Waals surface area contributed by atoms with E-state index in [0.29, 0.717) is 6.42 Å². The highest BCUT2D eigenvalue weighted by molar-refractivity contribution is 5.81. The Balaban J connectivity index is 1.22. The molecular weight excluding hydrogens is 398 g/mol. The lowest BCUT2D eigenvalue weighted by atomic mass is 9.84. The molecule has 2 aliphatic heterocycles. The second kappa shape index (κ2) is 9.57. The van der Waals surface area contributed by atoms with Gasteiger partial charge in [-0.2, -0.15) is 5.10 Å². The second-order valence-corrected chi connectivity index (χ2v) is 8.98. The van der Waals surface area contributed by atoms with Crippen molar-refractivity contribution in [2.75, 3.05) is 49.6 Å². The molecule has 6 heteroatoms. The van der Waals surface area contributed by atoms with Gasteiger partial charge in [0.2, 0.25) is 5.91 Å². The molecule has 0 radical (unpaired) electrons. The lowest BCUT2D eigenvalue weighted by molar-refractivity contribution is -0.121. The number of anilines is 2. The van der Waals surface area contributed by atoms with Crippen LogP contribution >= 0.6 is 0 Å². The summed E-state index contributed by atoms with van der Waals surface area (Å²) in [6.45, 7) is 9.11. The number of benzene rings is 2. The van der Waals surface area contributed by atoms with Gasteiger partial charge in [-0.05, 0) is 29.8 Å². The molecule has 6 nitrogen and oxygen atoms in total. The molecule has 2 aliphatic rings. The summed E-state index contributed by atoms with van der Waals surface area (Å²) in [6, 6.07) is 18.9. The van der Waals surface area contributed by atoms with Crippen molar-refractivity contribution in [1.82, 2.24) is 10.3 Å². The Hall–Kier alpha value is -3.12. The first-order valence-electron chi connectivity index (χ1n) is 11.3. The standard InChI is InChI=1S/C26H33N5O/c1-26(2)22-11-7-8-12-23(22)29(3)24(26)13-15-27-28-25(32)14-16-30-17-19-31(20-18-30)21-9-5-4-6-10-21/h4-13,15H,14,16-20H2,1-3H3,(H,28,32)/b24-13-,27-15-. The Morgan fingerprint density at radius 2 is 1.72 bits per heavy atom. The molecule has 2 aromatic rings. The van der Waals surface area contributed by atoms with Gasteiger partial charge in [0.25, 0.3) is 0 Å². The quantitative estimate of drug-likeness (QED) is 0.561. The topological polar surface area (TPSA) is 51.2 Å². The average molecular weight is 432 g/mol. The summed E-state index contributed by atoms with van der Waals surface area (Å²) in [6.07, 6.45) is 4.13. The fourth-order valence-corrected chi connectivity index (χ4v) is 4.70. The number of carbonyl (C=O) groups excluding carboxylic acids is 1. The third kappa shape index (κ3) is 4.70. The minimum Gasteiger partial charge on any atom is -0.369 e. The molecule has 0 aliphatic carbocycles. The molecule has 1 fully saturated rings. The SMILES string of the molecule is CN1/C(=C\C=N/NC(=O)CCN2CCN(c3ccccc3)CC2)C(C)(C)c2ccccc21. The maximum atomic E-state index is 12.2. The Bertz CT molecular complexity index is 990. The first-order chi connectivity index (χ1) is 15.5. The summed E-state index contributed by atoms with van der Waals surface area (Å²) in [5.41, 5.74) is 7.53. The van der Waals surface area contributed by atoms with Crippen molar-refractivity contribution in [1.29, 1.82) is 0 Å². The molecule has 1 saturated heterocycles. The molecule has 0 aromatic heterocycles. The number of allylic oxidation sites excluding steroid dienone is 2. The number of rotatable bonds is 6. The molecule has 2 heterocycles. The number of likely N-dealkylation sites (N-methyl/N-ethyl adjacent to an activating group) is 1. The van der Waals surface area contributed by atoms with E-state index in [1.165, 1.54) is 16.9 Å². The molecule has 32 heavy (non-hydrogen) atoms. The first-order valence-corrected chi connectivity index (χ1v) is 11.3. The van der Waals surface area contributed by atoms with Crippen LogP contribution in [0.4, 0.5) is 11.4 Å². The number of nitrogens with zero attached hydrogens (tertiary/aromatic N) is 4. The van der Waals surface area contributed by atoms with E-state index in [9.17, 15) is 4.79 Å². The van der Waals surface area contributed by atoms with Crippen LogP contribution in [-0.4, -0.2) is 56.8 Å². The van der Waals surface area contributed by atoms with Gasteiger partial charge in [-0.15, -0.1) is 0 Å². The number of hydrogen-bond acceptors (Lipinski definition) is 5. The van der Waals surface area contributed by atoms with E-state index in [-0.39, 0.29) is 11.3 Å². The minimum atomic E-state index is -0.0940. The zero-order chi connectivity index (χ0) is 22.6. The van der Waals surface area contributed by atoms with Crippen molar-refractivity contribution in [2.45, 2.75) is 25.7 Å². The summed E-state index contributed by atoms with van der Waals surface area (Å²) in [4.78, 5) is 19.2. The fourth-order valence-electron chi connectivity index (χ4n) is 4.70. The highest BCUT2D eigenvalue weighted by Gasteiger charge is 2.37. The van der Waals surface area contributed by atoms with Crippen molar-refractivity contribution in [3.8, 4) is 0 Å². The van der Waals surface area contributed by atoms with E-state index in [2.05, 4.69) is 94.7 Å². The molecule has 0 bridgehead atoms. The van der Waals surface area contributed by atoms with Crippen LogP contribution in [0.2, 0.25) is 0 Å². The van der Waals surface area contributed by atoms with Crippen molar-refractivity contribution in [3.63, 3.8) is 0 Å². The number of para-hydroxylation sites is 2. The van der Waals surface area contributed by atoms with Gasteiger partial charge in [-0.3, -0.25) is 9.69 Å². The van der Waals surface area contributed by atoms with Gasteiger partial charge in [0.15, 0.2) is 0 Å². The van der Waals surface area contributed by atoms with Crippen molar-refractivity contribution >= 4 is 23.5 Å². The predicted octanol–water partition coefficient (Wildman–Crippen LogP) is 3.61. The Labute approximate surface area is 191 Å². The normalized spacial score (nSPS) is 19.5. The van der Waals surface area contributed by atoms with Crippen LogP contribution in [0.1, 0.15) is 25.8 Å². The Kier molecular flexibility index (Phi) is 6.61. The maximum absolute atomic E-state index is 12.2. The predicted molar refractivity (Wildman–Crippen MR) is 132 cm³/mol. The molecular formula is C26H33N5O. The van der Waals surface area contributed by atoms with Crippen molar-refractivity contribution in [2.24, 2.45) is 5.10 Å². The third-order valence-corrected chi connectivity index (χ3v) is 6.59. The molecule has 4 rings (SSSR count). The highest BCUT2D eigenvalue weighted by Crippen LogP contribution is 2.46. The lowest BCUT2D eigenvalue weighted by Gasteiger charge is -2.36. The molecule has 1 N–H and O–H groups in total. The van der Waals surface area contributed by atoms with Crippen LogP contribution in [0.3, 0.4) is 0 Å². The Morgan fingerprint density at radius 3 is 2.44 bits per heavy atom. The van der Waals surface area contributed by atoms with Crippen LogP contribution in [0.5, 0.6) is 0 Å². The monoisotopic (exact) mass is 431 g/mol. The van der Waals surface area contributed by atoms with Gasteiger partial charge in [0.1, 0.15) is 0 Å². The van der Waals surface area contributed by atoms with Gasteiger partial charge in [0.05, 0.1) is 0 Å². The van der Waals surface area contributed by atoms with Crippen LogP contribution < -0.4 is 15.2 Å². The van der Waals surface area contributed by atoms with Gasteiger partial charge < -0.3 is 9.80 Å². The van der Waals surface area contributed by atoms with Gasteiger partial charge in [-0.25, -0.2) is 5.43 Å². The second-order valence-electron chi connectivity index (χ2n) is 8.98. The van der Waals surface area contributed by atoms with Gasteiger partial charge >= 0.3 is 0 Å². The van der Waals surface area contributed by atoms with E-state index in [0.717, 1.165) is 38.4 Å². The number of hydrazone groups is 1. The number of hydrogen-bond donors (Lipinski definition) is 1. The maximum Gasteiger partial charge on any atom is 0.241 e. The van der Waals surface area contributed by atoms with E-state index in [1.807, 2.05) is 12.1 Å². The van der Waals surface area contributed by atoms with Crippen molar-refractivity contribution in [3.05, 3.63) is 71.9 Å². The molecule has 168 valence electrons. The van der Waals surface area contributed by atoms with Gasteiger partial charge in [-0.1, -0.05) is 50.2 Å².